The molecule has 0 amide bonds. The molecule has 0 aliphatic carbocycles. The van der Waals surface area contributed by atoms with Crippen LogP contribution in [0.1, 0.15) is 25.8 Å². The van der Waals surface area contributed by atoms with E-state index in [-0.39, 0.29) is 5.92 Å². The molecule has 1 saturated heterocycles. The van der Waals surface area contributed by atoms with Crippen molar-refractivity contribution in [2.75, 3.05) is 19.7 Å². The zero-order valence-electron chi connectivity index (χ0n) is 12.5. The molecule has 1 N–H and O–H groups in total. The van der Waals surface area contributed by atoms with E-state index < -0.39 is 11.6 Å². The molecule has 116 valence electrons. The van der Waals surface area contributed by atoms with Gasteiger partial charge < -0.3 is 9.84 Å². The molecule has 0 bridgehead atoms. The minimum Gasteiger partial charge on any atom is -0.493 e. The zero-order valence-corrected chi connectivity index (χ0v) is 12.5. The first-order chi connectivity index (χ1) is 9.83. The molecular weight excluding hydrogens is 273 g/mol. The van der Waals surface area contributed by atoms with Gasteiger partial charge in [0.1, 0.15) is 11.4 Å². The molecule has 2 rings (SSSR count). The van der Waals surface area contributed by atoms with Gasteiger partial charge in [-0.15, -0.1) is 0 Å². The molecular formula is C16H22FNO3. The molecule has 5 heteroatoms. The first-order valence-electron chi connectivity index (χ1n) is 7.19. The van der Waals surface area contributed by atoms with E-state index in [1.165, 1.54) is 13.8 Å². The summed E-state index contributed by atoms with van der Waals surface area (Å²) in [5.41, 5.74) is -0.0880. The molecule has 1 heterocycles. The van der Waals surface area contributed by atoms with Crippen molar-refractivity contribution in [3.8, 4) is 5.75 Å². The maximum Gasteiger partial charge on any atom is 0.309 e. The highest BCUT2D eigenvalue weighted by molar-refractivity contribution is 5.71. The molecule has 1 aliphatic heterocycles. The molecule has 4 nitrogen and oxygen atoms in total. The highest BCUT2D eigenvalue weighted by Crippen LogP contribution is 2.21. The number of likely N-dealkylation sites (tertiary alicyclic amines) is 1. The third-order valence-electron chi connectivity index (χ3n) is 3.60. The number of alkyl halides is 1. The fourth-order valence-electron chi connectivity index (χ4n) is 2.22. The van der Waals surface area contributed by atoms with Crippen LogP contribution in [0.15, 0.2) is 24.3 Å². The molecule has 0 radical (unpaired) electrons. The van der Waals surface area contributed by atoms with Crippen LogP contribution in [0.2, 0.25) is 0 Å². The van der Waals surface area contributed by atoms with Crippen LogP contribution in [0.4, 0.5) is 4.39 Å². The summed E-state index contributed by atoms with van der Waals surface area (Å²) in [6.07, 6.45) is 0.360. The third kappa shape index (κ3) is 5.01. The van der Waals surface area contributed by atoms with E-state index in [0.717, 1.165) is 17.9 Å². The predicted molar refractivity (Wildman–Crippen MR) is 78.1 cm³/mol. The van der Waals surface area contributed by atoms with E-state index in [4.69, 9.17) is 9.84 Å². The summed E-state index contributed by atoms with van der Waals surface area (Å²) in [4.78, 5) is 12.8. The number of carbonyl (C=O) groups is 1. The van der Waals surface area contributed by atoms with Gasteiger partial charge in [0, 0.05) is 26.1 Å². The lowest BCUT2D eigenvalue weighted by Crippen LogP contribution is -2.49. The van der Waals surface area contributed by atoms with Gasteiger partial charge in [0.25, 0.3) is 0 Å². The van der Waals surface area contributed by atoms with Crippen LogP contribution in [-0.4, -0.2) is 41.3 Å². The topological polar surface area (TPSA) is 49.8 Å². The van der Waals surface area contributed by atoms with Gasteiger partial charge >= 0.3 is 5.97 Å². The molecule has 0 atom stereocenters. The van der Waals surface area contributed by atoms with Crippen molar-refractivity contribution in [2.24, 2.45) is 5.92 Å². The Bertz CT molecular complexity index is 475. The predicted octanol–water partition coefficient (Wildman–Crippen LogP) is 2.72. The van der Waals surface area contributed by atoms with Gasteiger partial charge in [-0.2, -0.15) is 0 Å². The van der Waals surface area contributed by atoms with E-state index in [0.29, 0.717) is 26.1 Å². The Balaban J connectivity index is 1.74. The number of rotatable bonds is 7. The highest BCUT2D eigenvalue weighted by Gasteiger charge is 2.32. The standard InChI is InChI=1S/C16H22FNO3/c1-16(2,17)7-8-21-14-5-3-12(4-6-14)9-18-10-13(11-18)15(19)20/h3-6,13H,7-11H2,1-2H3,(H,19,20). The van der Waals surface area contributed by atoms with E-state index >= 15 is 0 Å². The van der Waals surface area contributed by atoms with E-state index in [1.807, 2.05) is 24.3 Å². The molecule has 21 heavy (non-hydrogen) atoms. The Labute approximate surface area is 124 Å². The first-order valence-corrected chi connectivity index (χ1v) is 7.19. The maximum atomic E-state index is 13.3. The minimum atomic E-state index is -1.21. The summed E-state index contributed by atoms with van der Waals surface area (Å²) in [7, 11) is 0. The zero-order chi connectivity index (χ0) is 15.5. The summed E-state index contributed by atoms with van der Waals surface area (Å²) in [6.45, 7) is 5.41. The van der Waals surface area contributed by atoms with Gasteiger partial charge in [0.2, 0.25) is 0 Å². The van der Waals surface area contributed by atoms with Crippen molar-refractivity contribution in [2.45, 2.75) is 32.5 Å². The van der Waals surface area contributed by atoms with Gasteiger partial charge in [0.05, 0.1) is 12.5 Å². The van der Waals surface area contributed by atoms with Gasteiger partial charge in [-0.05, 0) is 31.5 Å². The normalized spacial score (nSPS) is 16.5. The van der Waals surface area contributed by atoms with Crippen molar-refractivity contribution in [3.63, 3.8) is 0 Å². The lowest BCUT2D eigenvalue weighted by Gasteiger charge is -2.36. The Morgan fingerprint density at radius 2 is 2.00 bits per heavy atom. The Hall–Kier alpha value is -1.62. The summed E-state index contributed by atoms with van der Waals surface area (Å²) < 4.78 is 18.8. The van der Waals surface area contributed by atoms with E-state index in [1.54, 1.807) is 0 Å². The largest absolute Gasteiger partial charge is 0.493 e. The number of hydrogen-bond donors (Lipinski definition) is 1. The van der Waals surface area contributed by atoms with Crippen molar-refractivity contribution in [3.05, 3.63) is 29.8 Å². The summed E-state index contributed by atoms with van der Waals surface area (Å²) in [6, 6.07) is 7.66. The summed E-state index contributed by atoms with van der Waals surface area (Å²) >= 11 is 0. The second-order valence-electron chi connectivity index (χ2n) is 6.19. The highest BCUT2D eigenvalue weighted by atomic mass is 19.1. The molecule has 1 fully saturated rings. The number of carboxylic acid groups (broad SMARTS) is 1. The Morgan fingerprint density at radius 1 is 1.38 bits per heavy atom. The molecule has 0 saturated carbocycles. The SMILES string of the molecule is CC(C)(F)CCOc1ccc(CN2CC(C(=O)O)C2)cc1. The minimum absolute atomic E-state index is 0.225. The van der Waals surface area contributed by atoms with Crippen molar-refractivity contribution >= 4 is 5.97 Å². The van der Waals surface area contributed by atoms with Crippen LogP contribution in [0.3, 0.4) is 0 Å². The fraction of sp³-hybridized carbons (Fsp3) is 0.562. The van der Waals surface area contributed by atoms with Gasteiger partial charge in [-0.1, -0.05) is 12.1 Å². The molecule has 1 aliphatic rings. The van der Waals surface area contributed by atoms with Crippen LogP contribution >= 0.6 is 0 Å². The van der Waals surface area contributed by atoms with Crippen LogP contribution in [0, 0.1) is 5.92 Å². The van der Waals surface area contributed by atoms with Crippen molar-refractivity contribution < 1.29 is 19.0 Å². The quantitative estimate of drug-likeness (QED) is 0.840. The lowest BCUT2D eigenvalue weighted by molar-refractivity contribution is -0.147. The monoisotopic (exact) mass is 295 g/mol. The number of nitrogens with zero attached hydrogens (tertiary/aromatic N) is 1. The molecule has 0 spiro atoms. The molecule has 0 unspecified atom stereocenters. The van der Waals surface area contributed by atoms with Crippen molar-refractivity contribution in [1.29, 1.82) is 0 Å². The summed E-state index contributed by atoms with van der Waals surface area (Å²) in [5.74, 6) is -0.211. The van der Waals surface area contributed by atoms with Gasteiger partial charge in [0.15, 0.2) is 0 Å². The molecule has 0 aromatic heterocycles. The number of aliphatic carboxylic acids is 1. The lowest BCUT2D eigenvalue weighted by atomic mass is 10.00. The summed E-state index contributed by atoms with van der Waals surface area (Å²) in [5, 5.41) is 8.82. The molecule has 1 aromatic carbocycles. The van der Waals surface area contributed by atoms with E-state index in [9.17, 15) is 9.18 Å². The smallest absolute Gasteiger partial charge is 0.309 e. The third-order valence-corrected chi connectivity index (χ3v) is 3.60. The Kier molecular flexibility index (Phi) is 4.83. The van der Waals surface area contributed by atoms with Crippen LogP contribution in [-0.2, 0) is 11.3 Å². The average molecular weight is 295 g/mol. The number of carboxylic acids is 1. The van der Waals surface area contributed by atoms with Crippen molar-refractivity contribution in [1.82, 2.24) is 4.90 Å². The van der Waals surface area contributed by atoms with Gasteiger partial charge in [-0.25, -0.2) is 4.39 Å². The van der Waals surface area contributed by atoms with E-state index in [2.05, 4.69) is 4.90 Å². The molecule has 1 aromatic rings. The number of ether oxygens (including phenoxy) is 1. The maximum absolute atomic E-state index is 13.3. The van der Waals surface area contributed by atoms with Crippen LogP contribution in [0.5, 0.6) is 5.75 Å². The second kappa shape index (κ2) is 6.43. The number of halogens is 1. The van der Waals surface area contributed by atoms with Crippen LogP contribution in [0.25, 0.3) is 0 Å². The number of hydrogen-bond acceptors (Lipinski definition) is 3. The number of benzene rings is 1. The first kappa shape index (κ1) is 15.8. The fourth-order valence-corrected chi connectivity index (χ4v) is 2.22. The van der Waals surface area contributed by atoms with Crippen LogP contribution < -0.4 is 4.74 Å². The van der Waals surface area contributed by atoms with Gasteiger partial charge in [-0.3, -0.25) is 9.69 Å². The average Bonchev–Trinajstić information content (AvgIpc) is 2.33. The second-order valence-corrected chi connectivity index (χ2v) is 6.19. The Morgan fingerprint density at radius 3 is 2.52 bits per heavy atom.